The summed E-state index contributed by atoms with van der Waals surface area (Å²) < 4.78 is 0. The molecule has 1 heterocycles. The average Bonchev–Trinajstić information content (AvgIpc) is 2.32. The lowest BCUT2D eigenvalue weighted by molar-refractivity contribution is 1.43. The molecule has 0 radical (unpaired) electrons. The first-order chi connectivity index (χ1) is 5.27. The molecule has 1 aromatic heterocycles. The Bertz CT molecular complexity index is 389. The molecule has 1 aromatic carbocycles. The van der Waals surface area contributed by atoms with E-state index in [4.69, 9.17) is 0 Å². The molecule has 0 bridgehead atoms. The number of aromatic amines is 1. The van der Waals surface area contributed by atoms with Crippen LogP contribution in [-0.4, -0.2) is 12.8 Å². The van der Waals surface area contributed by atoms with Crippen LogP contribution in [0.2, 0.25) is 0 Å². The van der Waals surface area contributed by atoms with Crippen LogP contribution in [-0.2, 0) is 0 Å². The van der Waals surface area contributed by atoms with Gasteiger partial charge in [-0.15, -0.1) is 0 Å². The second-order valence-electron chi connectivity index (χ2n) is 3.02. The molecule has 0 atom stereocenters. The highest BCUT2D eigenvalue weighted by Crippen LogP contribution is 2.14. The molecule has 0 saturated heterocycles. The smallest absolute Gasteiger partial charge is 0.139 e. The van der Waals surface area contributed by atoms with Crippen molar-refractivity contribution < 1.29 is 0 Å². The van der Waals surface area contributed by atoms with Crippen LogP contribution < -0.4 is 5.46 Å². The fraction of sp³-hybridized carbons (Fsp3) is 0.111. The van der Waals surface area contributed by atoms with Crippen LogP contribution in [0.15, 0.2) is 24.4 Å². The van der Waals surface area contributed by atoms with Gasteiger partial charge in [-0.25, -0.2) is 0 Å². The summed E-state index contributed by atoms with van der Waals surface area (Å²) in [6.07, 6.45) is 2.05. The quantitative estimate of drug-likeness (QED) is 0.523. The third-order valence-electron chi connectivity index (χ3n) is 2.04. The minimum atomic E-state index is 1.24. The number of rotatable bonds is 0. The Hall–Kier alpha value is -1.18. The van der Waals surface area contributed by atoms with E-state index in [9.17, 15) is 0 Å². The van der Waals surface area contributed by atoms with Crippen molar-refractivity contribution in [1.29, 1.82) is 0 Å². The van der Waals surface area contributed by atoms with Crippen LogP contribution in [0.3, 0.4) is 0 Å². The van der Waals surface area contributed by atoms with Gasteiger partial charge in [-0.2, -0.15) is 0 Å². The van der Waals surface area contributed by atoms with Gasteiger partial charge in [0.15, 0.2) is 0 Å². The molecule has 0 saturated carbocycles. The summed E-state index contributed by atoms with van der Waals surface area (Å²) in [5, 5.41) is 1.33. The van der Waals surface area contributed by atoms with Gasteiger partial charge in [0.25, 0.3) is 0 Å². The van der Waals surface area contributed by atoms with E-state index in [0.29, 0.717) is 0 Å². The maximum atomic E-state index is 3.23. The molecule has 1 N–H and O–H groups in total. The van der Waals surface area contributed by atoms with E-state index in [1.165, 1.54) is 21.9 Å². The number of hydrogen-bond donors (Lipinski definition) is 1. The van der Waals surface area contributed by atoms with Crippen LogP contribution >= 0.6 is 0 Å². The molecule has 0 aliphatic rings. The Balaban J connectivity index is 2.86. The fourth-order valence-corrected chi connectivity index (χ4v) is 1.39. The topological polar surface area (TPSA) is 15.8 Å². The Morgan fingerprint density at radius 1 is 1.36 bits per heavy atom. The van der Waals surface area contributed by atoms with Crippen LogP contribution in [0, 0.1) is 6.92 Å². The third kappa shape index (κ3) is 0.948. The molecule has 2 heteroatoms. The normalized spacial score (nSPS) is 10.6. The number of H-pyrrole nitrogens is 1. The molecule has 1 nitrogen and oxygen atoms in total. The number of hydrogen-bond acceptors (Lipinski definition) is 0. The first-order valence-electron chi connectivity index (χ1n) is 3.82. The van der Waals surface area contributed by atoms with E-state index in [1.54, 1.807) is 0 Å². The second kappa shape index (κ2) is 2.16. The Kier molecular flexibility index (Phi) is 1.28. The zero-order valence-electron chi connectivity index (χ0n) is 6.81. The zero-order chi connectivity index (χ0) is 7.84. The van der Waals surface area contributed by atoms with Gasteiger partial charge in [-0.05, 0) is 18.6 Å². The van der Waals surface area contributed by atoms with Crippen molar-refractivity contribution in [2.45, 2.75) is 6.92 Å². The summed E-state index contributed by atoms with van der Waals surface area (Å²) in [7, 11) is 2.11. The molecule has 2 aromatic rings. The summed E-state index contributed by atoms with van der Waals surface area (Å²) in [4.78, 5) is 3.23. The molecule has 0 fully saturated rings. The largest absolute Gasteiger partial charge is 0.361 e. The van der Waals surface area contributed by atoms with E-state index in [2.05, 4.69) is 38.0 Å². The first kappa shape index (κ1) is 6.53. The standard InChI is InChI=1S/C9H10BN/c1-6-5-11-9-4-7(10)2-3-8(6)9/h2-5,11H,10H2,1H3. The van der Waals surface area contributed by atoms with E-state index in [-0.39, 0.29) is 0 Å². The van der Waals surface area contributed by atoms with Gasteiger partial charge < -0.3 is 4.98 Å². The molecule has 0 spiro atoms. The zero-order valence-corrected chi connectivity index (χ0v) is 6.81. The van der Waals surface area contributed by atoms with Crippen LogP contribution in [0.1, 0.15) is 5.56 Å². The number of aromatic nitrogens is 1. The lowest BCUT2D eigenvalue weighted by Crippen LogP contribution is -1.99. The molecule has 0 aliphatic heterocycles. The lowest BCUT2D eigenvalue weighted by Gasteiger charge is -1.92. The van der Waals surface area contributed by atoms with Crippen molar-refractivity contribution in [3.05, 3.63) is 30.0 Å². The van der Waals surface area contributed by atoms with E-state index >= 15 is 0 Å². The first-order valence-corrected chi connectivity index (χ1v) is 3.82. The van der Waals surface area contributed by atoms with Crippen LogP contribution in [0.25, 0.3) is 10.9 Å². The van der Waals surface area contributed by atoms with Crippen molar-refractivity contribution in [3.8, 4) is 0 Å². The average molecular weight is 143 g/mol. The van der Waals surface area contributed by atoms with E-state index in [0.717, 1.165) is 0 Å². The second-order valence-corrected chi connectivity index (χ2v) is 3.02. The van der Waals surface area contributed by atoms with Gasteiger partial charge in [-0.1, -0.05) is 17.6 Å². The summed E-state index contributed by atoms with van der Waals surface area (Å²) in [6, 6.07) is 6.47. The molecule has 0 aliphatic carbocycles. The Morgan fingerprint density at radius 2 is 2.18 bits per heavy atom. The van der Waals surface area contributed by atoms with Crippen LogP contribution in [0.4, 0.5) is 0 Å². The molecule has 11 heavy (non-hydrogen) atoms. The highest BCUT2D eigenvalue weighted by atomic mass is 14.7. The van der Waals surface area contributed by atoms with Gasteiger partial charge in [-0.3, -0.25) is 0 Å². The highest BCUT2D eigenvalue weighted by Gasteiger charge is 1.96. The SMILES string of the molecule is Bc1ccc2c(C)c[nH]c2c1. The Labute approximate surface area is 66.8 Å². The van der Waals surface area contributed by atoms with Crippen molar-refractivity contribution >= 4 is 24.2 Å². The summed E-state index contributed by atoms with van der Waals surface area (Å²) in [5.41, 5.74) is 3.86. The monoisotopic (exact) mass is 143 g/mol. The number of benzene rings is 1. The van der Waals surface area contributed by atoms with Crippen molar-refractivity contribution in [2.24, 2.45) is 0 Å². The van der Waals surface area contributed by atoms with Gasteiger partial charge in [0.05, 0.1) is 0 Å². The van der Waals surface area contributed by atoms with E-state index in [1.807, 2.05) is 6.20 Å². The third-order valence-corrected chi connectivity index (χ3v) is 2.04. The minimum Gasteiger partial charge on any atom is -0.361 e. The summed E-state index contributed by atoms with van der Waals surface area (Å²) in [5.74, 6) is 0. The predicted octanol–water partition coefficient (Wildman–Crippen LogP) is 0.735. The van der Waals surface area contributed by atoms with Gasteiger partial charge in [0.1, 0.15) is 7.85 Å². The Morgan fingerprint density at radius 3 is 3.00 bits per heavy atom. The van der Waals surface area contributed by atoms with Crippen molar-refractivity contribution in [2.75, 3.05) is 0 Å². The van der Waals surface area contributed by atoms with Crippen molar-refractivity contribution in [1.82, 2.24) is 4.98 Å². The maximum absolute atomic E-state index is 3.23. The van der Waals surface area contributed by atoms with Gasteiger partial charge in [0.2, 0.25) is 0 Å². The lowest BCUT2D eigenvalue weighted by atomic mass is 9.95. The summed E-state index contributed by atoms with van der Waals surface area (Å²) in [6.45, 7) is 2.12. The highest BCUT2D eigenvalue weighted by molar-refractivity contribution is 6.33. The number of aryl methyl sites for hydroxylation is 1. The summed E-state index contributed by atoms with van der Waals surface area (Å²) >= 11 is 0. The predicted molar refractivity (Wildman–Crippen MR) is 51.2 cm³/mol. The molecular formula is C9H10BN. The number of fused-ring (bicyclic) bond motifs is 1. The molecule has 54 valence electrons. The molecule has 0 amide bonds. The number of nitrogens with one attached hydrogen (secondary N) is 1. The van der Waals surface area contributed by atoms with Gasteiger partial charge in [0, 0.05) is 17.1 Å². The molecular weight excluding hydrogens is 133 g/mol. The fourth-order valence-electron chi connectivity index (χ4n) is 1.39. The minimum absolute atomic E-state index is 1.24. The van der Waals surface area contributed by atoms with E-state index < -0.39 is 0 Å². The molecule has 0 unspecified atom stereocenters. The van der Waals surface area contributed by atoms with Crippen molar-refractivity contribution in [3.63, 3.8) is 0 Å². The van der Waals surface area contributed by atoms with Gasteiger partial charge >= 0.3 is 0 Å². The maximum Gasteiger partial charge on any atom is 0.139 e. The molecule has 2 rings (SSSR count). The van der Waals surface area contributed by atoms with Crippen LogP contribution in [0.5, 0.6) is 0 Å².